The summed E-state index contributed by atoms with van der Waals surface area (Å²) in [5.41, 5.74) is 5.88. The SMILES string of the molecule is Nc1nccnc1N1CCN(C2CCCC2)CC1. The summed E-state index contributed by atoms with van der Waals surface area (Å²) < 4.78 is 0. The van der Waals surface area contributed by atoms with Crippen LogP contribution >= 0.6 is 0 Å². The molecule has 1 aromatic heterocycles. The van der Waals surface area contributed by atoms with Gasteiger partial charge in [0.25, 0.3) is 0 Å². The van der Waals surface area contributed by atoms with Gasteiger partial charge in [-0.3, -0.25) is 4.90 Å². The number of nitrogens with zero attached hydrogens (tertiary/aromatic N) is 4. The van der Waals surface area contributed by atoms with Crippen molar-refractivity contribution >= 4 is 11.6 Å². The maximum absolute atomic E-state index is 5.88. The number of hydrogen-bond donors (Lipinski definition) is 1. The van der Waals surface area contributed by atoms with Crippen LogP contribution in [0.25, 0.3) is 0 Å². The number of hydrogen-bond acceptors (Lipinski definition) is 5. The van der Waals surface area contributed by atoms with Crippen LogP contribution in [0.4, 0.5) is 11.6 Å². The summed E-state index contributed by atoms with van der Waals surface area (Å²) >= 11 is 0. The Bertz CT molecular complexity index is 394. The molecule has 2 aliphatic rings. The van der Waals surface area contributed by atoms with Crippen LogP contribution in [-0.2, 0) is 0 Å². The highest BCUT2D eigenvalue weighted by Crippen LogP contribution is 2.26. The number of anilines is 2. The molecule has 0 radical (unpaired) electrons. The average molecular weight is 247 g/mol. The molecule has 2 heterocycles. The van der Waals surface area contributed by atoms with E-state index in [4.69, 9.17) is 5.73 Å². The van der Waals surface area contributed by atoms with Crippen molar-refractivity contribution in [1.82, 2.24) is 14.9 Å². The first-order valence-electron chi connectivity index (χ1n) is 6.90. The van der Waals surface area contributed by atoms with E-state index in [0.29, 0.717) is 5.82 Å². The summed E-state index contributed by atoms with van der Waals surface area (Å²) in [6, 6.07) is 0.825. The van der Waals surface area contributed by atoms with Gasteiger partial charge >= 0.3 is 0 Å². The minimum absolute atomic E-state index is 0.548. The van der Waals surface area contributed by atoms with Crippen LogP contribution in [0, 0.1) is 0 Å². The van der Waals surface area contributed by atoms with Gasteiger partial charge in [-0.05, 0) is 12.8 Å². The van der Waals surface area contributed by atoms with Crippen LogP contribution in [0.1, 0.15) is 25.7 Å². The average Bonchev–Trinajstić information content (AvgIpc) is 2.94. The molecule has 0 aromatic carbocycles. The van der Waals surface area contributed by atoms with Crippen molar-refractivity contribution in [3.05, 3.63) is 12.4 Å². The summed E-state index contributed by atoms with van der Waals surface area (Å²) in [6.45, 7) is 4.28. The number of rotatable bonds is 2. The fraction of sp³-hybridized carbons (Fsp3) is 0.692. The summed E-state index contributed by atoms with van der Waals surface area (Å²) in [4.78, 5) is 13.3. The molecule has 1 aromatic rings. The molecule has 5 nitrogen and oxygen atoms in total. The molecule has 98 valence electrons. The lowest BCUT2D eigenvalue weighted by Gasteiger charge is -2.38. The Morgan fingerprint density at radius 2 is 1.67 bits per heavy atom. The molecule has 0 unspecified atom stereocenters. The highest BCUT2D eigenvalue weighted by atomic mass is 15.3. The Morgan fingerprint density at radius 3 is 2.33 bits per heavy atom. The topological polar surface area (TPSA) is 58.3 Å². The normalized spacial score (nSPS) is 22.6. The molecule has 0 amide bonds. The molecule has 0 bridgehead atoms. The van der Waals surface area contributed by atoms with Crippen molar-refractivity contribution in [2.75, 3.05) is 36.8 Å². The maximum atomic E-state index is 5.88. The molecule has 1 aliphatic heterocycles. The second-order valence-electron chi connectivity index (χ2n) is 5.23. The smallest absolute Gasteiger partial charge is 0.171 e. The maximum Gasteiger partial charge on any atom is 0.171 e. The summed E-state index contributed by atoms with van der Waals surface area (Å²) in [7, 11) is 0. The monoisotopic (exact) mass is 247 g/mol. The summed E-state index contributed by atoms with van der Waals surface area (Å²) in [5.74, 6) is 1.40. The van der Waals surface area contributed by atoms with Crippen molar-refractivity contribution < 1.29 is 0 Å². The van der Waals surface area contributed by atoms with Gasteiger partial charge in [-0.1, -0.05) is 12.8 Å². The van der Waals surface area contributed by atoms with Crippen LogP contribution in [0.5, 0.6) is 0 Å². The predicted octanol–water partition coefficient (Wildman–Crippen LogP) is 1.12. The molecule has 1 saturated carbocycles. The van der Waals surface area contributed by atoms with Crippen molar-refractivity contribution in [2.24, 2.45) is 0 Å². The number of piperazine rings is 1. The minimum atomic E-state index is 0.548. The largest absolute Gasteiger partial charge is 0.381 e. The van der Waals surface area contributed by atoms with E-state index >= 15 is 0 Å². The van der Waals surface area contributed by atoms with Crippen LogP contribution in [-0.4, -0.2) is 47.1 Å². The first-order chi connectivity index (χ1) is 8.84. The van der Waals surface area contributed by atoms with Crippen LogP contribution in [0.2, 0.25) is 0 Å². The van der Waals surface area contributed by atoms with Gasteiger partial charge in [0, 0.05) is 44.6 Å². The van der Waals surface area contributed by atoms with E-state index in [0.717, 1.165) is 38.0 Å². The highest BCUT2D eigenvalue weighted by molar-refractivity contribution is 5.57. The molecule has 2 fully saturated rings. The lowest BCUT2D eigenvalue weighted by atomic mass is 10.2. The summed E-state index contributed by atoms with van der Waals surface area (Å²) in [6.07, 6.45) is 8.94. The van der Waals surface area contributed by atoms with E-state index in [1.165, 1.54) is 25.7 Å². The van der Waals surface area contributed by atoms with Crippen molar-refractivity contribution in [3.8, 4) is 0 Å². The van der Waals surface area contributed by atoms with E-state index in [1.54, 1.807) is 12.4 Å². The van der Waals surface area contributed by atoms with Crippen LogP contribution < -0.4 is 10.6 Å². The Labute approximate surface area is 108 Å². The first kappa shape index (κ1) is 11.7. The fourth-order valence-electron chi connectivity index (χ4n) is 3.15. The van der Waals surface area contributed by atoms with Gasteiger partial charge in [-0.2, -0.15) is 0 Å². The van der Waals surface area contributed by atoms with Gasteiger partial charge in [0.15, 0.2) is 11.6 Å². The number of aromatic nitrogens is 2. The minimum Gasteiger partial charge on any atom is -0.381 e. The van der Waals surface area contributed by atoms with Gasteiger partial charge in [0.2, 0.25) is 0 Å². The van der Waals surface area contributed by atoms with Crippen molar-refractivity contribution in [3.63, 3.8) is 0 Å². The standard InChI is InChI=1S/C13H21N5/c14-12-13(16-6-5-15-12)18-9-7-17(8-10-18)11-3-1-2-4-11/h5-6,11H,1-4,7-10H2,(H2,14,15). The molecule has 2 N–H and O–H groups in total. The highest BCUT2D eigenvalue weighted by Gasteiger charge is 2.27. The lowest BCUT2D eigenvalue weighted by molar-refractivity contribution is 0.187. The quantitative estimate of drug-likeness (QED) is 0.849. The van der Waals surface area contributed by atoms with E-state index in [1.807, 2.05) is 0 Å². The third-order valence-electron chi connectivity index (χ3n) is 4.16. The summed E-state index contributed by atoms with van der Waals surface area (Å²) in [5, 5.41) is 0. The molecule has 3 rings (SSSR count). The molecular weight excluding hydrogens is 226 g/mol. The molecule has 5 heteroatoms. The zero-order valence-corrected chi connectivity index (χ0v) is 10.8. The number of nitrogens with two attached hydrogens (primary N) is 1. The Morgan fingerprint density at radius 1 is 1.00 bits per heavy atom. The zero-order valence-electron chi connectivity index (χ0n) is 10.8. The van der Waals surface area contributed by atoms with E-state index < -0.39 is 0 Å². The molecule has 0 atom stereocenters. The third-order valence-corrected chi connectivity index (χ3v) is 4.16. The van der Waals surface area contributed by atoms with Crippen LogP contribution in [0.15, 0.2) is 12.4 Å². The van der Waals surface area contributed by atoms with Gasteiger partial charge in [-0.15, -0.1) is 0 Å². The second kappa shape index (κ2) is 5.10. The van der Waals surface area contributed by atoms with Crippen molar-refractivity contribution in [2.45, 2.75) is 31.7 Å². The Balaban J connectivity index is 1.61. The Hall–Kier alpha value is -1.36. The van der Waals surface area contributed by atoms with Gasteiger partial charge in [0.05, 0.1) is 0 Å². The molecule has 1 aliphatic carbocycles. The molecular formula is C13H21N5. The molecule has 1 saturated heterocycles. The first-order valence-corrected chi connectivity index (χ1v) is 6.90. The van der Waals surface area contributed by atoms with Gasteiger partial charge in [0.1, 0.15) is 0 Å². The lowest BCUT2D eigenvalue weighted by Crippen LogP contribution is -2.50. The van der Waals surface area contributed by atoms with Crippen molar-refractivity contribution in [1.29, 1.82) is 0 Å². The predicted molar refractivity (Wildman–Crippen MR) is 72.5 cm³/mol. The van der Waals surface area contributed by atoms with Crippen LogP contribution in [0.3, 0.4) is 0 Å². The zero-order chi connectivity index (χ0) is 12.4. The molecule has 18 heavy (non-hydrogen) atoms. The molecule has 0 spiro atoms. The van der Waals surface area contributed by atoms with Gasteiger partial charge < -0.3 is 10.6 Å². The Kier molecular flexibility index (Phi) is 3.32. The second-order valence-corrected chi connectivity index (χ2v) is 5.23. The third kappa shape index (κ3) is 2.27. The fourth-order valence-corrected chi connectivity index (χ4v) is 3.15. The van der Waals surface area contributed by atoms with Gasteiger partial charge in [-0.25, -0.2) is 9.97 Å². The van der Waals surface area contributed by atoms with E-state index in [-0.39, 0.29) is 0 Å². The number of nitrogen functional groups attached to an aromatic ring is 1. The van der Waals surface area contributed by atoms with E-state index in [2.05, 4.69) is 19.8 Å². The van der Waals surface area contributed by atoms with E-state index in [9.17, 15) is 0 Å².